The van der Waals surface area contributed by atoms with Crippen LogP contribution in [0, 0.1) is 6.92 Å². The summed E-state index contributed by atoms with van der Waals surface area (Å²) in [6.45, 7) is 2.01. The zero-order valence-electron chi connectivity index (χ0n) is 7.46. The molecule has 0 unspecified atom stereocenters. The van der Waals surface area contributed by atoms with Crippen LogP contribution in [-0.2, 0) is 4.18 Å². The van der Waals surface area contributed by atoms with E-state index in [9.17, 15) is 0 Å². The fourth-order valence-electron chi connectivity index (χ4n) is 0.999. The first kappa shape index (κ1) is 9.42. The van der Waals surface area contributed by atoms with Crippen molar-refractivity contribution in [3.05, 3.63) is 23.8 Å². The van der Waals surface area contributed by atoms with Gasteiger partial charge in [-0.15, -0.1) is 0 Å². The minimum absolute atomic E-state index is 0.912. The van der Waals surface area contributed by atoms with Crippen molar-refractivity contribution in [2.24, 2.45) is 0 Å². The van der Waals surface area contributed by atoms with E-state index in [0.29, 0.717) is 0 Å². The number of benzene rings is 1. The second-order valence-corrected chi connectivity index (χ2v) is 3.35. The van der Waals surface area contributed by atoms with E-state index < -0.39 is 0 Å². The zero-order chi connectivity index (χ0) is 8.97. The van der Waals surface area contributed by atoms with Gasteiger partial charge < -0.3 is 8.92 Å². The SMILES string of the molecule is COSc1ccc(OC)c(C)c1. The van der Waals surface area contributed by atoms with E-state index in [1.165, 1.54) is 12.0 Å². The topological polar surface area (TPSA) is 18.5 Å². The molecule has 1 rings (SSSR count). The average Bonchev–Trinajstić information content (AvgIpc) is 2.05. The summed E-state index contributed by atoms with van der Waals surface area (Å²) in [6, 6.07) is 5.95. The lowest BCUT2D eigenvalue weighted by Gasteiger charge is -2.05. The lowest BCUT2D eigenvalue weighted by molar-refractivity contribution is 0.411. The van der Waals surface area contributed by atoms with Crippen LogP contribution in [0.5, 0.6) is 5.75 Å². The van der Waals surface area contributed by atoms with Crippen LogP contribution in [0.4, 0.5) is 0 Å². The highest BCUT2D eigenvalue weighted by Crippen LogP contribution is 2.25. The number of ether oxygens (including phenoxy) is 1. The molecule has 0 aliphatic rings. The number of methoxy groups -OCH3 is 1. The van der Waals surface area contributed by atoms with Crippen LogP contribution in [0.25, 0.3) is 0 Å². The molecule has 0 N–H and O–H groups in total. The third kappa shape index (κ3) is 2.16. The lowest BCUT2D eigenvalue weighted by atomic mass is 10.2. The quantitative estimate of drug-likeness (QED) is 0.673. The van der Waals surface area contributed by atoms with Gasteiger partial charge in [-0.25, -0.2) is 0 Å². The molecule has 1 aromatic carbocycles. The van der Waals surface area contributed by atoms with Gasteiger partial charge in [0.25, 0.3) is 0 Å². The van der Waals surface area contributed by atoms with Crippen molar-refractivity contribution >= 4 is 12.0 Å². The Hall–Kier alpha value is -0.670. The van der Waals surface area contributed by atoms with Crippen molar-refractivity contribution in [1.82, 2.24) is 0 Å². The maximum Gasteiger partial charge on any atom is 0.121 e. The Morgan fingerprint density at radius 1 is 1.25 bits per heavy atom. The van der Waals surface area contributed by atoms with Crippen LogP contribution < -0.4 is 4.74 Å². The summed E-state index contributed by atoms with van der Waals surface area (Å²) in [7, 11) is 3.33. The van der Waals surface area contributed by atoms with E-state index in [1.54, 1.807) is 14.2 Å². The molecule has 66 valence electrons. The highest BCUT2D eigenvalue weighted by atomic mass is 32.2. The summed E-state index contributed by atoms with van der Waals surface area (Å²) in [6.07, 6.45) is 0. The molecule has 0 aromatic heterocycles. The van der Waals surface area contributed by atoms with Crippen molar-refractivity contribution in [3.8, 4) is 5.75 Å². The van der Waals surface area contributed by atoms with Gasteiger partial charge in [-0.05, 0) is 30.7 Å². The van der Waals surface area contributed by atoms with E-state index in [4.69, 9.17) is 8.92 Å². The fourth-order valence-corrected chi connectivity index (χ4v) is 1.54. The molecular weight excluding hydrogens is 172 g/mol. The second-order valence-electron chi connectivity index (χ2n) is 2.38. The number of aryl methyl sites for hydroxylation is 1. The minimum Gasteiger partial charge on any atom is -0.496 e. The van der Waals surface area contributed by atoms with Crippen molar-refractivity contribution in [1.29, 1.82) is 0 Å². The molecule has 0 atom stereocenters. The van der Waals surface area contributed by atoms with Crippen LogP contribution >= 0.6 is 12.0 Å². The molecule has 0 radical (unpaired) electrons. The summed E-state index contributed by atoms with van der Waals surface area (Å²) in [5.41, 5.74) is 1.12. The first-order valence-corrected chi connectivity index (χ1v) is 4.37. The van der Waals surface area contributed by atoms with Gasteiger partial charge in [-0.3, -0.25) is 0 Å². The van der Waals surface area contributed by atoms with Gasteiger partial charge in [0.1, 0.15) is 5.75 Å². The molecule has 0 saturated heterocycles. The molecule has 0 aliphatic carbocycles. The van der Waals surface area contributed by atoms with Crippen LogP contribution in [0.3, 0.4) is 0 Å². The largest absolute Gasteiger partial charge is 0.496 e. The van der Waals surface area contributed by atoms with E-state index in [1.807, 2.05) is 25.1 Å². The van der Waals surface area contributed by atoms with Crippen molar-refractivity contribution in [3.63, 3.8) is 0 Å². The van der Waals surface area contributed by atoms with Crippen molar-refractivity contribution in [2.45, 2.75) is 11.8 Å². The Morgan fingerprint density at radius 3 is 2.50 bits per heavy atom. The van der Waals surface area contributed by atoms with Gasteiger partial charge in [0.05, 0.1) is 14.2 Å². The highest BCUT2D eigenvalue weighted by Gasteiger charge is 1.99. The van der Waals surface area contributed by atoms with Crippen LogP contribution in [0.2, 0.25) is 0 Å². The third-order valence-electron chi connectivity index (χ3n) is 1.55. The van der Waals surface area contributed by atoms with E-state index in [-0.39, 0.29) is 0 Å². The first-order valence-electron chi connectivity index (χ1n) is 3.63. The molecule has 0 heterocycles. The van der Waals surface area contributed by atoms with E-state index >= 15 is 0 Å². The minimum atomic E-state index is 0.912. The molecule has 0 amide bonds. The molecular formula is C9H12O2S. The summed E-state index contributed by atoms with van der Waals surface area (Å²) in [5, 5.41) is 0. The molecule has 3 heteroatoms. The molecule has 0 bridgehead atoms. The number of rotatable bonds is 3. The Balaban J connectivity index is 2.86. The monoisotopic (exact) mass is 184 g/mol. The molecule has 0 spiro atoms. The maximum atomic E-state index is 5.13. The number of hydrogen-bond donors (Lipinski definition) is 0. The average molecular weight is 184 g/mol. The molecule has 2 nitrogen and oxygen atoms in total. The Morgan fingerprint density at radius 2 is 2.00 bits per heavy atom. The van der Waals surface area contributed by atoms with Crippen molar-refractivity contribution in [2.75, 3.05) is 14.2 Å². The predicted octanol–water partition coefficient (Wildman–Crippen LogP) is 2.66. The van der Waals surface area contributed by atoms with Crippen LogP contribution in [0.1, 0.15) is 5.56 Å². The molecule has 0 saturated carbocycles. The second kappa shape index (κ2) is 4.38. The molecule has 12 heavy (non-hydrogen) atoms. The normalized spacial score (nSPS) is 9.92. The van der Waals surface area contributed by atoms with Gasteiger partial charge in [0, 0.05) is 16.9 Å². The zero-order valence-corrected chi connectivity index (χ0v) is 8.27. The molecule has 0 fully saturated rings. The summed E-state index contributed by atoms with van der Waals surface area (Å²) >= 11 is 1.35. The van der Waals surface area contributed by atoms with Gasteiger partial charge in [-0.1, -0.05) is 0 Å². The van der Waals surface area contributed by atoms with Gasteiger partial charge in [0.2, 0.25) is 0 Å². The summed E-state index contributed by atoms with van der Waals surface area (Å²) < 4.78 is 10.1. The van der Waals surface area contributed by atoms with E-state index in [2.05, 4.69) is 0 Å². The van der Waals surface area contributed by atoms with Gasteiger partial charge in [0.15, 0.2) is 0 Å². The van der Waals surface area contributed by atoms with E-state index in [0.717, 1.165) is 16.2 Å². The predicted molar refractivity (Wildman–Crippen MR) is 50.6 cm³/mol. The standard InChI is InChI=1S/C9H12O2S/c1-7-6-8(12-11-3)4-5-9(7)10-2/h4-6H,1-3H3. The first-order chi connectivity index (χ1) is 5.77. The molecule has 1 aromatic rings. The van der Waals surface area contributed by atoms with Crippen LogP contribution in [-0.4, -0.2) is 14.2 Å². The number of hydrogen-bond acceptors (Lipinski definition) is 3. The Labute approximate surface area is 77.1 Å². The molecule has 0 aliphatic heterocycles. The summed E-state index contributed by atoms with van der Waals surface area (Å²) in [4.78, 5) is 1.09. The smallest absolute Gasteiger partial charge is 0.121 e. The summed E-state index contributed by atoms with van der Waals surface area (Å²) in [5.74, 6) is 0.912. The van der Waals surface area contributed by atoms with Crippen molar-refractivity contribution < 1.29 is 8.92 Å². The van der Waals surface area contributed by atoms with Gasteiger partial charge >= 0.3 is 0 Å². The Bertz CT molecular complexity index is 261. The maximum absolute atomic E-state index is 5.13. The Kier molecular flexibility index (Phi) is 3.44. The third-order valence-corrected chi connectivity index (χ3v) is 2.16. The van der Waals surface area contributed by atoms with Crippen LogP contribution in [0.15, 0.2) is 23.1 Å². The highest BCUT2D eigenvalue weighted by molar-refractivity contribution is 7.94. The fraction of sp³-hybridized carbons (Fsp3) is 0.333. The van der Waals surface area contributed by atoms with Gasteiger partial charge in [-0.2, -0.15) is 0 Å². The lowest BCUT2D eigenvalue weighted by Crippen LogP contribution is -1.86.